The molecule has 0 radical (unpaired) electrons. The topological polar surface area (TPSA) is 118 Å². The van der Waals surface area contributed by atoms with Crippen molar-refractivity contribution >= 4 is 17.9 Å². The average Bonchev–Trinajstić information content (AvgIpc) is 3.45. The third kappa shape index (κ3) is 8.77. The summed E-state index contributed by atoms with van der Waals surface area (Å²) in [5, 5.41) is 12.1. The summed E-state index contributed by atoms with van der Waals surface area (Å²) in [4.78, 5) is 42.2. The van der Waals surface area contributed by atoms with Crippen LogP contribution < -0.4 is 5.32 Å². The molecule has 4 aromatic rings. The number of aliphatic hydroxyl groups excluding tert-OH is 1. The van der Waals surface area contributed by atoms with Gasteiger partial charge in [0.1, 0.15) is 12.6 Å². The maximum absolute atomic E-state index is 13.2. The Hall–Kier alpha value is -4.87. The zero-order valence-electron chi connectivity index (χ0n) is 29.2. The number of hydrogen-bond donors (Lipinski definition) is 2. The maximum Gasteiger partial charge on any atom is 0.408 e. The molecule has 1 unspecified atom stereocenters. The van der Waals surface area contributed by atoms with E-state index in [1.165, 1.54) is 24.2 Å². The smallest absolute Gasteiger partial charge is 0.408 e. The summed E-state index contributed by atoms with van der Waals surface area (Å²) in [6.07, 6.45) is 2.84. The van der Waals surface area contributed by atoms with Gasteiger partial charge in [0.15, 0.2) is 6.29 Å². The second-order valence-electron chi connectivity index (χ2n) is 13.8. The predicted molar refractivity (Wildman–Crippen MR) is 194 cm³/mol. The van der Waals surface area contributed by atoms with Crippen LogP contribution in [0.3, 0.4) is 0 Å². The molecular formula is C42H45N3O7. The third-order valence-electron chi connectivity index (χ3n) is 10.0. The quantitative estimate of drug-likeness (QED) is 0.172. The fourth-order valence-corrected chi connectivity index (χ4v) is 7.23. The van der Waals surface area contributed by atoms with E-state index in [2.05, 4.69) is 16.3 Å². The molecule has 0 aromatic heterocycles. The zero-order chi connectivity index (χ0) is 35.9. The van der Waals surface area contributed by atoms with Crippen molar-refractivity contribution in [1.82, 2.24) is 15.1 Å². The van der Waals surface area contributed by atoms with Crippen molar-refractivity contribution in [2.45, 2.75) is 76.4 Å². The Morgan fingerprint density at radius 1 is 0.788 bits per heavy atom. The Kier molecular flexibility index (Phi) is 11.4. The highest BCUT2D eigenvalue weighted by Crippen LogP contribution is 2.39. The van der Waals surface area contributed by atoms with Gasteiger partial charge >= 0.3 is 6.09 Å². The van der Waals surface area contributed by atoms with Crippen molar-refractivity contribution in [3.63, 3.8) is 0 Å². The van der Waals surface area contributed by atoms with Crippen LogP contribution in [0, 0.1) is 0 Å². The lowest BCUT2D eigenvalue weighted by Crippen LogP contribution is -2.41. The van der Waals surface area contributed by atoms with Crippen molar-refractivity contribution < 1.29 is 33.7 Å². The number of alkyl carbamates (subject to hydrolysis) is 1. The lowest BCUT2D eigenvalue weighted by Gasteiger charge is -2.39. The molecule has 4 atom stereocenters. The summed E-state index contributed by atoms with van der Waals surface area (Å²) in [5.41, 5.74) is 6.31. The monoisotopic (exact) mass is 703 g/mol. The summed E-state index contributed by atoms with van der Waals surface area (Å²) in [6.45, 7) is 3.17. The zero-order valence-corrected chi connectivity index (χ0v) is 29.2. The predicted octanol–water partition coefficient (Wildman–Crippen LogP) is 6.43. The van der Waals surface area contributed by atoms with E-state index >= 15 is 0 Å². The minimum Gasteiger partial charge on any atom is -0.445 e. The van der Waals surface area contributed by atoms with Crippen LogP contribution in [0.5, 0.6) is 0 Å². The minimum absolute atomic E-state index is 0.00248. The number of rotatable bonds is 11. The molecule has 7 rings (SSSR count). The summed E-state index contributed by atoms with van der Waals surface area (Å²) in [7, 11) is 0. The highest BCUT2D eigenvalue weighted by molar-refractivity contribution is 6.06. The van der Waals surface area contributed by atoms with E-state index in [4.69, 9.17) is 14.2 Å². The molecule has 3 aliphatic rings. The Labute approximate surface area is 304 Å². The van der Waals surface area contributed by atoms with E-state index in [1.807, 2.05) is 97.1 Å². The Balaban J connectivity index is 1.03. The van der Waals surface area contributed by atoms with Crippen LogP contribution in [-0.2, 0) is 43.6 Å². The van der Waals surface area contributed by atoms with Gasteiger partial charge < -0.3 is 29.5 Å². The van der Waals surface area contributed by atoms with Crippen molar-refractivity contribution in [2.75, 3.05) is 19.6 Å². The molecule has 3 aliphatic heterocycles. The van der Waals surface area contributed by atoms with E-state index in [9.17, 15) is 19.5 Å². The lowest BCUT2D eigenvalue weighted by molar-refractivity contribution is -0.253. The fraction of sp³-hybridized carbons (Fsp3) is 0.357. The second-order valence-corrected chi connectivity index (χ2v) is 13.8. The van der Waals surface area contributed by atoms with Gasteiger partial charge in [0.25, 0.3) is 5.91 Å². The number of nitrogens with zero attached hydrogens (tertiary/aromatic N) is 2. The van der Waals surface area contributed by atoms with E-state index in [0.717, 1.165) is 65.0 Å². The highest BCUT2D eigenvalue weighted by Gasteiger charge is 2.40. The summed E-state index contributed by atoms with van der Waals surface area (Å²) < 4.78 is 18.5. The van der Waals surface area contributed by atoms with E-state index in [0.29, 0.717) is 0 Å². The molecule has 0 aliphatic carbocycles. The summed E-state index contributed by atoms with van der Waals surface area (Å²) in [6, 6.07) is 32.1. The number of likely N-dealkylation sites (tertiary alicyclic amines) is 2. The molecule has 3 heterocycles. The molecule has 270 valence electrons. The number of nitrogens with one attached hydrogen (secondary N) is 1. The molecule has 0 saturated carbocycles. The minimum atomic E-state index is -0.971. The van der Waals surface area contributed by atoms with Crippen LogP contribution in [0.25, 0.3) is 11.1 Å². The van der Waals surface area contributed by atoms with Gasteiger partial charge in [0.05, 0.1) is 31.8 Å². The molecule has 3 fully saturated rings. The number of amides is 3. The molecule has 0 bridgehead atoms. The van der Waals surface area contributed by atoms with Crippen molar-refractivity contribution in [2.24, 2.45) is 0 Å². The van der Waals surface area contributed by atoms with Crippen LogP contribution in [0.1, 0.15) is 72.3 Å². The van der Waals surface area contributed by atoms with Crippen LogP contribution >= 0.6 is 0 Å². The van der Waals surface area contributed by atoms with Gasteiger partial charge in [-0.1, -0.05) is 97.4 Å². The number of carbonyl (C=O) groups is 3. The van der Waals surface area contributed by atoms with Crippen LogP contribution in [0.4, 0.5) is 4.79 Å². The summed E-state index contributed by atoms with van der Waals surface area (Å²) in [5.74, 6) is -0.808. The molecule has 4 aromatic carbocycles. The molecule has 3 amide bonds. The maximum atomic E-state index is 13.2. The van der Waals surface area contributed by atoms with E-state index < -0.39 is 24.3 Å². The first-order valence-corrected chi connectivity index (χ1v) is 18.2. The number of benzene rings is 4. The van der Waals surface area contributed by atoms with Gasteiger partial charge in [0, 0.05) is 18.5 Å². The van der Waals surface area contributed by atoms with Crippen molar-refractivity contribution in [1.29, 1.82) is 0 Å². The van der Waals surface area contributed by atoms with Gasteiger partial charge in [-0.15, -0.1) is 0 Å². The lowest BCUT2D eigenvalue weighted by atomic mass is 9.98. The van der Waals surface area contributed by atoms with Crippen LogP contribution in [-0.4, -0.2) is 64.6 Å². The van der Waals surface area contributed by atoms with Gasteiger partial charge in [-0.3, -0.25) is 14.5 Å². The van der Waals surface area contributed by atoms with Crippen molar-refractivity contribution in [3.8, 4) is 11.1 Å². The molecule has 2 N–H and O–H groups in total. The molecular weight excluding hydrogens is 658 g/mol. The van der Waals surface area contributed by atoms with Gasteiger partial charge in [0.2, 0.25) is 5.91 Å². The molecule has 3 saturated heterocycles. The number of aliphatic hydroxyl groups is 1. The number of imide groups is 1. The standard InChI is InChI=1S/C42H45N3O7/c46-27-29-15-17-32(18-16-29)38-23-36(26-44-19-5-2-6-20-44)51-41(52-38)35-14-8-13-34(22-35)33-12-7-11-31(21-33)25-45-39(47)24-37(40(45)48)43-42(49)50-28-30-9-3-1-4-10-30/h1,3-4,7-18,21-22,36-38,41,46H,2,5-6,19-20,23-28H2,(H,43,49)/t36-,37?,38+,41+/m0/s1. The molecule has 0 spiro atoms. The number of hydrogen-bond acceptors (Lipinski definition) is 8. The Morgan fingerprint density at radius 3 is 2.29 bits per heavy atom. The van der Waals surface area contributed by atoms with Crippen LogP contribution in [0.15, 0.2) is 103 Å². The van der Waals surface area contributed by atoms with Crippen LogP contribution in [0.2, 0.25) is 0 Å². The Morgan fingerprint density at radius 2 is 1.52 bits per heavy atom. The fourth-order valence-electron chi connectivity index (χ4n) is 7.23. The first kappa shape index (κ1) is 35.5. The largest absolute Gasteiger partial charge is 0.445 e. The van der Waals surface area contributed by atoms with Gasteiger partial charge in [-0.05, 0) is 71.4 Å². The van der Waals surface area contributed by atoms with E-state index in [-0.39, 0.29) is 44.3 Å². The Bertz CT molecular complexity index is 1840. The number of ether oxygens (including phenoxy) is 3. The molecule has 10 heteroatoms. The summed E-state index contributed by atoms with van der Waals surface area (Å²) >= 11 is 0. The second kappa shape index (κ2) is 16.6. The first-order valence-electron chi connectivity index (χ1n) is 18.2. The normalized spacial score (nSPS) is 22.4. The number of piperidine rings is 1. The average molecular weight is 704 g/mol. The first-order chi connectivity index (χ1) is 25.4. The van der Waals surface area contributed by atoms with Gasteiger partial charge in [-0.2, -0.15) is 0 Å². The SMILES string of the molecule is O=C(NC1CC(=O)N(Cc2cccc(-c3cccc([C@@H]4O[C@H](CN5CCCCC5)C[C@H](c5ccc(CO)cc5)O4)c3)c2)C1=O)OCc1ccccc1. The molecule has 52 heavy (non-hydrogen) atoms. The third-order valence-corrected chi connectivity index (χ3v) is 10.0. The van der Waals surface area contributed by atoms with Crippen molar-refractivity contribution in [3.05, 3.63) is 131 Å². The molecule has 10 nitrogen and oxygen atoms in total. The highest BCUT2D eigenvalue weighted by atomic mass is 16.7. The number of carbonyl (C=O) groups excluding carboxylic acids is 3. The van der Waals surface area contributed by atoms with E-state index in [1.54, 1.807) is 0 Å². The van der Waals surface area contributed by atoms with Gasteiger partial charge in [-0.25, -0.2) is 4.79 Å².